The average Bonchev–Trinajstić information content (AvgIpc) is 2.55. The molecule has 1 aromatic carbocycles. The van der Waals surface area contributed by atoms with Gasteiger partial charge in [0.05, 0.1) is 11.9 Å². The van der Waals surface area contributed by atoms with Crippen molar-refractivity contribution in [2.24, 2.45) is 0 Å². The second-order valence-electron chi connectivity index (χ2n) is 5.68. The van der Waals surface area contributed by atoms with E-state index >= 15 is 0 Å². The van der Waals surface area contributed by atoms with Crippen LogP contribution in [0.4, 0.5) is 0 Å². The summed E-state index contributed by atoms with van der Waals surface area (Å²) < 4.78 is 0. The molecule has 0 saturated carbocycles. The van der Waals surface area contributed by atoms with E-state index in [-0.39, 0.29) is 18.2 Å². The fraction of sp³-hybridized carbons (Fsp3) is 0.105. The molecule has 23 heavy (non-hydrogen) atoms. The van der Waals surface area contributed by atoms with Crippen LogP contribution in [0.2, 0.25) is 0 Å². The minimum absolute atomic E-state index is 0.242. The second-order valence-corrected chi connectivity index (χ2v) is 5.68. The number of aromatic nitrogens is 1. The number of benzene rings is 1. The average molecular weight is 302 g/mol. The Kier molecular flexibility index (Phi) is 3.15. The normalized spacial score (nSPS) is 19.2. The third kappa shape index (κ3) is 2.48. The highest BCUT2D eigenvalue weighted by Gasteiger charge is 2.26. The van der Waals surface area contributed by atoms with Gasteiger partial charge in [0.25, 0.3) is 5.91 Å². The molecular formula is C19H14N2O2. The van der Waals surface area contributed by atoms with Gasteiger partial charge in [-0.15, -0.1) is 0 Å². The van der Waals surface area contributed by atoms with Crippen molar-refractivity contribution < 1.29 is 9.59 Å². The summed E-state index contributed by atoms with van der Waals surface area (Å²) in [4.78, 5) is 27.7. The van der Waals surface area contributed by atoms with Gasteiger partial charge in [0.1, 0.15) is 0 Å². The fourth-order valence-corrected chi connectivity index (χ4v) is 3.05. The van der Waals surface area contributed by atoms with Crippen molar-refractivity contribution in [1.29, 1.82) is 0 Å². The quantitative estimate of drug-likeness (QED) is 0.824. The molecule has 4 heteroatoms. The van der Waals surface area contributed by atoms with Crippen LogP contribution in [0.25, 0.3) is 17.0 Å². The lowest BCUT2D eigenvalue weighted by atomic mass is 9.88. The first kappa shape index (κ1) is 13.6. The van der Waals surface area contributed by atoms with Gasteiger partial charge in [-0.3, -0.25) is 19.9 Å². The molecule has 1 fully saturated rings. The van der Waals surface area contributed by atoms with Gasteiger partial charge in [-0.1, -0.05) is 36.4 Å². The van der Waals surface area contributed by atoms with E-state index < -0.39 is 0 Å². The zero-order chi connectivity index (χ0) is 15.8. The molecule has 0 spiro atoms. The first-order valence-electron chi connectivity index (χ1n) is 7.50. The van der Waals surface area contributed by atoms with Crippen LogP contribution in [0.5, 0.6) is 0 Å². The number of carbonyl (C=O) groups is 2. The number of pyridine rings is 1. The maximum absolute atomic E-state index is 11.8. The zero-order valence-corrected chi connectivity index (χ0v) is 12.4. The van der Waals surface area contributed by atoms with Gasteiger partial charge in [0.2, 0.25) is 5.91 Å². The van der Waals surface area contributed by atoms with Crippen molar-refractivity contribution >= 4 is 28.8 Å². The highest BCUT2D eigenvalue weighted by Crippen LogP contribution is 2.29. The predicted molar refractivity (Wildman–Crippen MR) is 88.3 cm³/mol. The number of rotatable bonds is 1. The Labute approximate surface area is 133 Å². The lowest BCUT2D eigenvalue weighted by Crippen LogP contribution is -2.37. The molecule has 4 rings (SSSR count). The van der Waals surface area contributed by atoms with E-state index in [1.165, 1.54) is 0 Å². The predicted octanol–water partition coefficient (Wildman–Crippen LogP) is 2.92. The summed E-state index contributed by atoms with van der Waals surface area (Å²) in [5.74, 6) is -0.532. The standard InChI is InChI=1S/C19H14N2O2/c22-18-11-14-10-12(5-6-16(14)19(23)21-18)9-13-7-8-20-17-4-2-1-3-15(13)17/h1-4,6-10H,5,11H2,(H,21,22,23)/b12-9+. The minimum atomic E-state index is -0.291. The van der Waals surface area contributed by atoms with Crippen LogP contribution in [0.3, 0.4) is 0 Å². The fourth-order valence-electron chi connectivity index (χ4n) is 3.05. The Morgan fingerprint density at radius 1 is 1.13 bits per heavy atom. The maximum atomic E-state index is 11.8. The summed E-state index contributed by atoms with van der Waals surface area (Å²) in [5.41, 5.74) is 4.55. The van der Waals surface area contributed by atoms with E-state index in [9.17, 15) is 9.59 Å². The topological polar surface area (TPSA) is 59.1 Å². The molecule has 1 aromatic heterocycles. The van der Waals surface area contributed by atoms with E-state index in [2.05, 4.69) is 16.4 Å². The maximum Gasteiger partial charge on any atom is 0.257 e. The largest absolute Gasteiger partial charge is 0.292 e. The summed E-state index contributed by atoms with van der Waals surface area (Å²) in [6, 6.07) is 9.97. The van der Waals surface area contributed by atoms with Crippen LogP contribution in [-0.2, 0) is 9.59 Å². The Morgan fingerprint density at radius 2 is 2.00 bits per heavy atom. The number of imide groups is 1. The lowest BCUT2D eigenvalue weighted by Gasteiger charge is -2.21. The van der Waals surface area contributed by atoms with E-state index in [1.54, 1.807) is 6.20 Å². The molecule has 0 atom stereocenters. The number of hydrogen-bond acceptors (Lipinski definition) is 3. The first-order valence-corrected chi connectivity index (χ1v) is 7.50. The van der Waals surface area contributed by atoms with Crippen molar-refractivity contribution in [3.63, 3.8) is 0 Å². The van der Waals surface area contributed by atoms with Crippen LogP contribution in [0, 0.1) is 0 Å². The van der Waals surface area contributed by atoms with Gasteiger partial charge in [-0.25, -0.2) is 0 Å². The molecule has 0 unspecified atom stereocenters. The Balaban J connectivity index is 1.75. The Bertz CT molecular complexity index is 930. The molecule has 2 aliphatic rings. The van der Waals surface area contributed by atoms with Crippen molar-refractivity contribution in [3.8, 4) is 0 Å². The van der Waals surface area contributed by atoms with E-state index in [1.807, 2.05) is 42.5 Å². The van der Waals surface area contributed by atoms with Gasteiger partial charge in [-0.05, 0) is 35.3 Å². The van der Waals surface area contributed by atoms with Crippen molar-refractivity contribution in [2.45, 2.75) is 12.8 Å². The molecule has 112 valence electrons. The van der Waals surface area contributed by atoms with Crippen LogP contribution in [0.1, 0.15) is 18.4 Å². The molecule has 0 bridgehead atoms. The van der Waals surface area contributed by atoms with Crippen molar-refractivity contribution in [3.05, 3.63) is 71.0 Å². The summed E-state index contributed by atoms with van der Waals surface area (Å²) in [7, 11) is 0. The minimum Gasteiger partial charge on any atom is -0.292 e. The second kappa shape index (κ2) is 5.32. The summed E-state index contributed by atoms with van der Waals surface area (Å²) >= 11 is 0. The van der Waals surface area contributed by atoms with Gasteiger partial charge in [0.15, 0.2) is 0 Å². The van der Waals surface area contributed by atoms with E-state index in [0.29, 0.717) is 12.0 Å². The summed E-state index contributed by atoms with van der Waals surface area (Å²) in [5, 5.41) is 3.44. The highest BCUT2D eigenvalue weighted by molar-refractivity contribution is 6.12. The van der Waals surface area contributed by atoms with E-state index in [0.717, 1.165) is 27.6 Å². The molecule has 2 aromatic rings. The monoisotopic (exact) mass is 302 g/mol. The summed E-state index contributed by atoms with van der Waals surface area (Å²) in [6.45, 7) is 0. The molecule has 2 amide bonds. The molecule has 4 nitrogen and oxygen atoms in total. The number of hydrogen-bond donors (Lipinski definition) is 1. The Morgan fingerprint density at radius 3 is 2.91 bits per heavy atom. The molecule has 1 saturated heterocycles. The number of allylic oxidation sites excluding steroid dienone is 3. The highest BCUT2D eigenvalue weighted by atomic mass is 16.2. The SMILES string of the molecule is O=C1CC2=C/C(=C/c3ccnc4ccccc34)CC=C2C(=O)N1. The third-order valence-corrected chi connectivity index (χ3v) is 4.12. The molecular weight excluding hydrogens is 288 g/mol. The molecule has 0 radical (unpaired) electrons. The van der Waals surface area contributed by atoms with Crippen LogP contribution < -0.4 is 5.32 Å². The molecule has 1 aliphatic heterocycles. The number of para-hydroxylation sites is 1. The van der Waals surface area contributed by atoms with Crippen molar-refractivity contribution in [1.82, 2.24) is 10.3 Å². The van der Waals surface area contributed by atoms with Crippen LogP contribution in [-0.4, -0.2) is 16.8 Å². The molecule has 2 heterocycles. The lowest BCUT2D eigenvalue weighted by molar-refractivity contribution is -0.129. The Hall–Kier alpha value is -3.01. The molecule has 1 N–H and O–H groups in total. The zero-order valence-electron chi connectivity index (χ0n) is 12.4. The number of nitrogens with one attached hydrogen (secondary N) is 1. The van der Waals surface area contributed by atoms with Gasteiger partial charge in [0, 0.05) is 17.2 Å². The van der Waals surface area contributed by atoms with Crippen LogP contribution in [0.15, 0.2) is 65.4 Å². The van der Waals surface area contributed by atoms with Gasteiger partial charge >= 0.3 is 0 Å². The number of carbonyl (C=O) groups excluding carboxylic acids is 2. The van der Waals surface area contributed by atoms with E-state index in [4.69, 9.17) is 0 Å². The van der Waals surface area contributed by atoms with Gasteiger partial charge < -0.3 is 0 Å². The van der Waals surface area contributed by atoms with Crippen LogP contribution >= 0.6 is 0 Å². The van der Waals surface area contributed by atoms with Crippen molar-refractivity contribution in [2.75, 3.05) is 0 Å². The smallest absolute Gasteiger partial charge is 0.257 e. The first-order chi connectivity index (χ1) is 11.2. The number of amides is 2. The number of piperidine rings is 1. The number of nitrogens with zero attached hydrogens (tertiary/aromatic N) is 1. The van der Waals surface area contributed by atoms with Gasteiger partial charge in [-0.2, -0.15) is 0 Å². The number of fused-ring (bicyclic) bond motifs is 2. The molecule has 1 aliphatic carbocycles. The summed E-state index contributed by atoms with van der Waals surface area (Å²) in [6.07, 6.45) is 8.68. The third-order valence-electron chi connectivity index (χ3n) is 4.12.